The van der Waals surface area contributed by atoms with Crippen LogP contribution in [0.15, 0.2) is 121 Å². The maximum absolute atomic E-state index is 13.9. The molecular formula is C26H22O3S. The molecule has 4 rings (SSSR count). The van der Waals surface area contributed by atoms with E-state index >= 15 is 0 Å². The van der Waals surface area contributed by atoms with Gasteiger partial charge in [-0.3, -0.25) is 0 Å². The number of hydrogen-bond donors (Lipinski definition) is 0. The third-order valence-corrected chi connectivity index (χ3v) is 6.12. The lowest BCUT2D eigenvalue weighted by Gasteiger charge is -2.29. The number of benzene rings is 4. The summed E-state index contributed by atoms with van der Waals surface area (Å²) in [6, 6.07) is 38.1. The highest BCUT2D eigenvalue weighted by molar-refractivity contribution is 7.91. The minimum atomic E-state index is -1.54. The molecule has 4 heteroatoms. The van der Waals surface area contributed by atoms with Crippen LogP contribution in [0, 0.1) is 0 Å². The smallest absolute Gasteiger partial charge is 0.284 e. The van der Waals surface area contributed by atoms with E-state index in [0.29, 0.717) is 11.5 Å². The molecule has 0 N–H and O–H groups in total. The van der Waals surface area contributed by atoms with Gasteiger partial charge in [-0.15, -0.1) is 0 Å². The van der Waals surface area contributed by atoms with E-state index in [-0.39, 0.29) is 0 Å². The first-order valence-corrected chi connectivity index (χ1v) is 11.0. The normalized spacial score (nSPS) is 13.8. The zero-order chi connectivity index (χ0) is 20.6. The summed E-state index contributed by atoms with van der Waals surface area (Å²) in [7, 11) is 0. The third-order valence-electron chi connectivity index (χ3n) is 4.54. The van der Waals surface area contributed by atoms with Gasteiger partial charge in [0.1, 0.15) is 11.5 Å². The van der Waals surface area contributed by atoms with Gasteiger partial charge in [0.2, 0.25) is 0 Å². The second-order valence-electron chi connectivity index (χ2n) is 6.68. The van der Waals surface area contributed by atoms with E-state index in [4.69, 9.17) is 9.47 Å². The number of hydrogen-bond acceptors (Lipinski definition) is 3. The summed E-state index contributed by atoms with van der Waals surface area (Å²) in [5.74, 6) is 1.32. The van der Waals surface area contributed by atoms with Gasteiger partial charge < -0.3 is 14.0 Å². The fraction of sp³-hybridized carbons (Fsp3) is 0.0769. The van der Waals surface area contributed by atoms with Crippen molar-refractivity contribution < 1.29 is 14.0 Å². The van der Waals surface area contributed by atoms with Crippen molar-refractivity contribution in [1.29, 1.82) is 0 Å². The van der Waals surface area contributed by atoms with E-state index in [9.17, 15) is 4.55 Å². The molecule has 0 bridgehead atoms. The van der Waals surface area contributed by atoms with Crippen LogP contribution in [0.4, 0.5) is 0 Å². The third kappa shape index (κ3) is 5.03. The zero-order valence-electron chi connectivity index (χ0n) is 16.3. The summed E-state index contributed by atoms with van der Waals surface area (Å²) in [5.41, 5.74) is 0.277. The molecule has 0 aliphatic carbocycles. The molecule has 0 aliphatic rings. The van der Waals surface area contributed by atoms with E-state index in [2.05, 4.69) is 0 Å². The molecule has 0 aromatic heterocycles. The Morgan fingerprint density at radius 3 is 1.10 bits per heavy atom. The minimum Gasteiger partial charge on any atom is -0.610 e. The standard InChI is InChI=1S/C26H22O3S/c27-30(25(21-13-5-1-6-14-21)28-23-17-9-3-10-18-23)26(22-15-7-2-8-16-22)29-24-19-11-4-12-20-24/h1-20,25-26H. The topological polar surface area (TPSA) is 41.5 Å². The van der Waals surface area contributed by atoms with Crippen molar-refractivity contribution in [1.82, 2.24) is 0 Å². The van der Waals surface area contributed by atoms with E-state index in [1.54, 1.807) is 0 Å². The number of rotatable bonds is 8. The highest BCUT2D eigenvalue weighted by Gasteiger charge is 2.37. The Kier molecular flexibility index (Phi) is 6.70. The quantitative estimate of drug-likeness (QED) is 0.318. The maximum Gasteiger partial charge on any atom is 0.284 e. The average molecular weight is 415 g/mol. The molecule has 0 amide bonds. The van der Waals surface area contributed by atoms with Crippen LogP contribution in [0.3, 0.4) is 0 Å². The number of ether oxygens (including phenoxy) is 2. The minimum absolute atomic E-state index is 0.659. The van der Waals surface area contributed by atoms with Crippen LogP contribution in [0.25, 0.3) is 0 Å². The Morgan fingerprint density at radius 1 is 0.467 bits per heavy atom. The van der Waals surface area contributed by atoms with Crippen molar-refractivity contribution in [3.63, 3.8) is 0 Å². The molecule has 0 saturated carbocycles. The largest absolute Gasteiger partial charge is 0.610 e. The summed E-state index contributed by atoms with van der Waals surface area (Å²) >= 11 is -1.54. The lowest BCUT2D eigenvalue weighted by atomic mass is 10.2. The molecule has 0 fully saturated rings. The molecule has 4 aromatic rings. The molecule has 2 atom stereocenters. The first kappa shape index (κ1) is 20.1. The van der Waals surface area contributed by atoms with Crippen LogP contribution in [-0.2, 0) is 11.2 Å². The second kappa shape index (κ2) is 10.0. The van der Waals surface area contributed by atoms with Gasteiger partial charge in [-0.25, -0.2) is 0 Å². The van der Waals surface area contributed by atoms with Crippen LogP contribution in [0.2, 0.25) is 0 Å². The van der Waals surface area contributed by atoms with Crippen LogP contribution in [0.1, 0.15) is 22.0 Å². The molecule has 0 saturated heterocycles. The van der Waals surface area contributed by atoms with Gasteiger partial charge in [0.05, 0.1) is 0 Å². The van der Waals surface area contributed by atoms with Crippen molar-refractivity contribution >= 4 is 11.2 Å². The molecule has 4 aromatic carbocycles. The van der Waals surface area contributed by atoms with Crippen molar-refractivity contribution in [3.8, 4) is 11.5 Å². The lowest BCUT2D eigenvalue weighted by Crippen LogP contribution is -2.28. The summed E-state index contributed by atoms with van der Waals surface area (Å²) in [4.78, 5) is 0. The van der Waals surface area contributed by atoms with Crippen molar-refractivity contribution in [2.45, 2.75) is 10.9 Å². The van der Waals surface area contributed by atoms with Crippen LogP contribution >= 0.6 is 0 Å². The van der Waals surface area contributed by atoms with Gasteiger partial charge in [0, 0.05) is 22.3 Å². The SMILES string of the molecule is [O-][S+](C(Oc1ccccc1)c1ccccc1)C(Oc1ccccc1)c1ccccc1. The number of para-hydroxylation sites is 2. The Hall–Kier alpha value is -3.21. The van der Waals surface area contributed by atoms with Gasteiger partial charge in [-0.1, -0.05) is 97.1 Å². The molecular weight excluding hydrogens is 392 g/mol. The predicted molar refractivity (Wildman–Crippen MR) is 121 cm³/mol. The first-order chi connectivity index (χ1) is 14.8. The van der Waals surface area contributed by atoms with Crippen LogP contribution in [-0.4, -0.2) is 4.55 Å². The summed E-state index contributed by atoms with van der Waals surface area (Å²) in [5, 5.41) is 0. The average Bonchev–Trinajstić information content (AvgIpc) is 2.83. The Bertz CT molecular complexity index is 926. The van der Waals surface area contributed by atoms with E-state index in [1.807, 2.05) is 121 Å². The van der Waals surface area contributed by atoms with E-state index < -0.39 is 22.0 Å². The van der Waals surface area contributed by atoms with Crippen LogP contribution in [0.5, 0.6) is 11.5 Å². The second-order valence-corrected chi connectivity index (χ2v) is 8.19. The summed E-state index contributed by atoms with van der Waals surface area (Å²) in [6.07, 6.45) is 0. The van der Waals surface area contributed by atoms with Crippen molar-refractivity contribution in [3.05, 3.63) is 132 Å². The van der Waals surface area contributed by atoms with Gasteiger partial charge in [0.15, 0.2) is 0 Å². The van der Waals surface area contributed by atoms with Gasteiger partial charge in [0.25, 0.3) is 10.9 Å². The van der Waals surface area contributed by atoms with E-state index in [0.717, 1.165) is 11.1 Å². The molecule has 150 valence electrons. The molecule has 0 heterocycles. The Balaban J connectivity index is 1.70. The monoisotopic (exact) mass is 414 g/mol. The predicted octanol–water partition coefficient (Wildman–Crippen LogP) is 6.29. The molecule has 2 unspecified atom stereocenters. The van der Waals surface area contributed by atoms with Crippen LogP contribution < -0.4 is 9.47 Å². The van der Waals surface area contributed by atoms with Crippen molar-refractivity contribution in [2.24, 2.45) is 0 Å². The highest BCUT2D eigenvalue weighted by atomic mass is 32.2. The lowest BCUT2D eigenvalue weighted by molar-refractivity contribution is 0.241. The van der Waals surface area contributed by atoms with Gasteiger partial charge in [-0.05, 0) is 24.3 Å². The van der Waals surface area contributed by atoms with Gasteiger partial charge in [-0.2, -0.15) is 0 Å². The fourth-order valence-corrected chi connectivity index (χ4v) is 4.56. The molecule has 30 heavy (non-hydrogen) atoms. The first-order valence-electron chi connectivity index (χ1n) is 9.74. The van der Waals surface area contributed by atoms with Crippen molar-refractivity contribution in [2.75, 3.05) is 0 Å². The molecule has 0 aliphatic heterocycles. The van der Waals surface area contributed by atoms with Gasteiger partial charge >= 0.3 is 0 Å². The molecule has 3 nitrogen and oxygen atoms in total. The molecule has 0 spiro atoms. The summed E-state index contributed by atoms with van der Waals surface area (Å²) < 4.78 is 26.4. The van der Waals surface area contributed by atoms with E-state index in [1.165, 1.54) is 0 Å². The highest BCUT2D eigenvalue weighted by Crippen LogP contribution is 2.37. The molecule has 0 radical (unpaired) electrons. The summed E-state index contributed by atoms with van der Waals surface area (Å²) in [6.45, 7) is 0. The zero-order valence-corrected chi connectivity index (χ0v) is 17.2. The Labute approximate surface area is 180 Å². The maximum atomic E-state index is 13.9. The fourth-order valence-electron chi connectivity index (χ4n) is 3.08. The Morgan fingerprint density at radius 2 is 0.767 bits per heavy atom.